The van der Waals surface area contributed by atoms with Crippen molar-refractivity contribution in [1.82, 2.24) is 5.32 Å². The van der Waals surface area contributed by atoms with Crippen LogP contribution in [0.15, 0.2) is 30.0 Å². The standard InChI is InChI=1S/C23H28ClN3O/c1-14-20(24)4-3-5-21(14)26-13-19(12-25)22(28)27-15(2)23-9-16-6-17(10-23)8-18(7-16)11-23/h3-5,13,15-18,26H,6-11H2,1-2H3,(H,27,28)/b19-13-. The van der Waals surface area contributed by atoms with E-state index in [0.29, 0.717) is 5.02 Å². The van der Waals surface area contributed by atoms with Crippen LogP contribution in [0.2, 0.25) is 5.02 Å². The molecule has 0 spiro atoms. The molecule has 5 rings (SSSR count). The van der Waals surface area contributed by atoms with Crippen LogP contribution < -0.4 is 10.6 Å². The maximum Gasteiger partial charge on any atom is 0.263 e. The van der Waals surface area contributed by atoms with Gasteiger partial charge < -0.3 is 10.6 Å². The molecule has 1 amide bonds. The van der Waals surface area contributed by atoms with Gasteiger partial charge in [-0.2, -0.15) is 5.26 Å². The SMILES string of the molecule is Cc1c(Cl)cccc1N/C=C(/C#N)C(=O)NC(C)C12CC3CC(CC(C3)C1)C2. The number of rotatable bonds is 5. The first-order valence-corrected chi connectivity index (χ1v) is 10.7. The number of amides is 1. The molecule has 1 atom stereocenters. The van der Waals surface area contributed by atoms with Crippen LogP contribution in [0.3, 0.4) is 0 Å². The van der Waals surface area contributed by atoms with Gasteiger partial charge in [0.1, 0.15) is 11.6 Å². The second-order valence-electron chi connectivity index (χ2n) is 9.20. The van der Waals surface area contributed by atoms with E-state index in [1.165, 1.54) is 44.7 Å². The smallest absolute Gasteiger partial charge is 0.263 e. The molecule has 0 radical (unpaired) electrons. The van der Waals surface area contributed by atoms with Crippen molar-refractivity contribution < 1.29 is 4.79 Å². The van der Waals surface area contributed by atoms with Crippen molar-refractivity contribution in [3.63, 3.8) is 0 Å². The topological polar surface area (TPSA) is 64.9 Å². The Morgan fingerprint density at radius 2 is 1.86 bits per heavy atom. The Labute approximate surface area is 172 Å². The van der Waals surface area contributed by atoms with Crippen LogP contribution in [-0.4, -0.2) is 11.9 Å². The molecule has 0 saturated heterocycles. The minimum Gasteiger partial charge on any atom is -0.360 e. The van der Waals surface area contributed by atoms with Gasteiger partial charge in [-0.05, 0) is 93.2 Å². The maximum atomic E-state index is 12.8. The van der Waals surface area contributed by atoms with Crippen molar-refractivity contribution in [2.24, 2.45) is 23.2 Å². The summed E-state index contributed by atoms with van der Waals surface area (Å²) in [6, 6.07) is 7.67. The fourth-order valence-electron chi connectivity index (χ4n) is 6.20. The van der Waals surface area contributed by atoms with Crippen LogP contribution >= 0.6 is 11.6 Å². The number of hydrogen-bond acceptors (Lipinski definition) is 3. The van der Waals surface area contributed by atoms with Gasteiger partial charge in [0.2, 0.25) is 0 Å². The summed E-state index contributed by atoms with van der Waals surface area (Å²) >= 11 is 6.14. The number of halogens is 1. The maximum absolute atomic E-state index is 12.8. The first-order valence-electron chi connectivity index (χ1n) is 10.3. The Morgan fingerprint density at radius 1 is 1.25 bits per heavy atom. The summed E-state index contributed by atoms with van der Waals surface area (Å²) in [5.74, 6) is 2.22. The Balaban J connectivity index is 1.44. The van der Waals surface area contributed by atoms with E-state index in [2.05, 4.69) is 17.6 Å². The van der Waals surface area contributed by atoms with Gasteiger partial charge in [0.25, 0.3) is 5.91 Å². The number of hydrogen-bond donors (Lipinski definition) is 2. The zero-order valence-electron chi connectivity index (χ0n) is 16.6. The summed E-state index contributed by atoms with van der Waals surface area (Å²) in [6.07, 6.45) is 9.31. The Hall–Kier alpha value is -1.99. The third-order valence-corrected chi connectivity index (χ3v) is 7.77. The van der Waals surface area contributed by atoms with Crippen LogP contribution in [0.25, 0.3) is 0 Å². The van der Waals surface area contributed by atoms with Crippen LogP contribution in [0.4, 0.5) is 5.69 Å². The van der Waals surface area contributed by atoms with Gasteiger partial charge >= 0.3 is 0 Å². The molecule has 1 aromatic rings. The lowest BCUT2D eigenvalue weighted by molar-refractivity contribution is -0.122. The minimum absolute atomic E-state index is 0.0935. The first kappa shape index (κ1) is 19.3. The number of nitriles is 1. The molecule has 28 heavy (non-hydrogen) atoms. The van der Waals surface area contributed by atoms with Crippen molar-refractivity contribution in [1.29, 1.82) is 5.26 Å². The van der Waals surface area contributed by atoms with Crippen LogP contribution in [0.5, 0.6) is 0 Å². The van der Waals surface area contributed by atoms with Crippen molar-refractivity contribution in [3.8, 4) is 6.07 Å². The Morgan fingerprint density at radius 3 is 2.43 bits per heavy atom. The largest absolute Gasteiger partial charge is 0.360 e. The number of nitrogens with one attached hydrogen (secondary N) is 2. The van der Waals surface area contributed by atoms with Gasteiger partial charge in [-0.15, -0.1) is 0 Å². The number of carbonyl (C=O) groups is 1. The van der Waals surface area contributed by atoms with Gasteiger partial charge in [-0.3, -0.25) is 4.79 Å². The van der Waals surface area contributed by atoms with E-state index in [0.717, 1.165) is 29.0 Å². The van der Waals surface area contributed by atoms with Crippen molar-refractivity contribution in [3.05, 3.63) is 40.6 Å². The van der Waals surface area contributed by atoms with E-state index in [1.54, 1.807) is 0 Å². The molecule has 4 aliphatic rings. The highest BCUT2D eigenvalue weighted by Gasteiger charge is 2.53. The highest BCUT2D eigenvalue weighted by molar-refractivity contribution is 6.31. The molecule has 148 valence electrons. The lowest BCUT2D eigenvalue weighted by Crippen LogP contribution is -2.56. The van der Waals surface area contributed by atoms with Crippen LogP contribution in [0, 0.1) is 41.4 Å². The summed E-state index contributed by atoms with van der Waals surface area (Å²) in [7, 11) is 0. The van der Waals surface area contributed by atoms with E-state index in [4.69, 9.17) is 11.6 Å². The monoisotopic (exact) mass is 397 g/mol. The molecule has 1 aromatic carbocycles. The highest BCUT2D eigenvalue weighted by atomic mass is 35.5. The van der Waals surface area contributed by atoms with Crippen molar-refractivity contribution in [2.45, 2.75) is 58.4 Å². The summed E-state index contributed by atoms with van der Waals surface area (Å²) in [5.41, 5.74) is 2.00. The normalized spacial score (nSPS) is 31.9. The van der Waals surface area contributed by atoms with Gasteiger partial charge in [0, 0.05) is 23.0 Å². The molecule has 0 aliphatic heterocycles. The lowest BCUT2D eigenvalue weighted by atomic mass is 9.48. The quantitative estimate of drug-likeness (QED) is 0.530. The number of carbonyl (C=O) groups excluding carboxylic acids is 1. The van der Waals surface area contributed by atoms with E-state index >= 15 is 0 Å². The minimum atomic E-state index is -0.294. The predicted molar refractivity (Wildman–Crippen MR) is 112 cm³/mol. The van der Waals surface area contributed by atoms with E-state index in [9.17, 15) is 10.1 Å². The zero-order valence-corrected chi connectivity index (χ0v) is 17.4. The van der Waals surface area contributed by atoms with Gasteiger partial charge in [0.05, 0.1) is 0 Å². The number of anilines is 1. The van der Waals surface area contributed by atoms with Crippen LogP contribution in [0.1, 0.15) is 51.0 Å². The summed E-state index contributed by atoms with van der Waals surface area (Å²) < 4.78 is 0. The Kier molecular flexibility index (Phi) is 5.14. The fourth-order valence-corrected chi connectivity index (χ4v) is 6.37. The molecule has 0 aromatic heterocycles. The Bertz CT molecular complexity index is 819. The fraction of sp³-hybridized carbons (Fsp3) is 0.565. The molecule has 4 bridgehead atoms. The van der Waals surface area contributed by atoms with E-state index in [-0.39, 0.29) is 22.9 Å². The molecule has 2 N–H and O–H groups in total. The van der Waals surface area contributed by atoms with E-state index in [1.807, 2.05) is 31.2 Å². The molecule has 4 fully saturated rings. The molecule has 1 unspecified atom stereocenters. The summed E-state index contributed by atoms with van der Waals surface area (Å²) in [4.78, 5) is 12.8. The second-order valence-corrected chi connectivity index (χ2v) is 9.61. The highest BCUT2D eigenvalue weighted by Crippen LogP contribution is 2.61. The molecule has 4 nitrogen and oxygen atoms in total. The molecular weight excluding hydrogens is 370 g/mol. The molecular formula is C23H28ClN3O. The average molecular weight is 398 g/mol. The van der Waals surface area contributed by atoms with Gasteiger partial charge in [-0.1, -0.05) is 17.7 Å². The third-order valence-electron chi connectivity index (χ3n) is 7.36. The molecule has 4 saturated carbocycles. The number of benzene rings is 1. The molecule has 5 heteroatoms. The predicted octanol–water partition coefficient (Wildman–Crippen LogP) is 5.19. The van der Waals surface area contributed by atoms with E-state index < -0.39 is 0 Å². The molecule has 0 heterocycles. The van der Waals surface area contributed by atoms with Crippen molar-refractivity contribution >= 4 is 23.2 Å². The number of nitrogens with zero attached hydrogens (tertiary/aromatic N) is 1. The van der Waals surface area contributed by atoms with Crippen LogP contribution in [-0.2, 0) is 4.79 Å². The first-order chi connectivity index (χ1) is 13.4. The van der Waals surface area contributed by atoms with Gasteiger partial charge in [0.15, 0.2) is 0 Å². The third kappa shape index (κ3) is 3.53. The molecule has 4 aliphatic carbocycles. The summed E-state index contributed by atoms with van der Waals surface area (Å²) in [6.45, 7) is 4.04. The average Bonchev–Trinajstić information content (AvgIpc) is 2.64. The second kappa shape index (κ2) is 7.44. The summed E-state index contributed by atoms with van der Waals surface area (Å²) in [5, 5.41) is 16.4. The van der Waals surface area contributed by atoms with Crippen molar-refractivity contribution in [2.75, 3.05) is 5.32 Å². The zero-order chi connectivity index (χ0) is 19.9. The lowest BCUT2D eigenvalue weighted by Gasteiger charge is -2.59. The van der Waals surface area contributed by atoms with Gasteiger partial charge in [-0.25, -0.2) is 0 Å².